The van der Waals surface area contributed by atoms with Crippen LogP contribution in [0, 0.1) is 0 Å². The summed E-state index contributed by atoms with van der Waals surface area (Å²) in [6.07, 6.45) is 0.632. The van der Waals surface area contributed by atoms with Gasteiger partial charge in [0, 0.05) is 10.6 Å². The van der Waals surface area contributed by atoms with Crippen molar-refractivity contribution < 1.29 is 15.0 Å². The van der Waals surface area contributed by atoms with Crippen molar-refractivity contribution in [3.63, 3.8) is 0 Å². The van der Waals surface area contributed by atoms with Crippen LogP contribution >= 0.6 is 11.6 Å². The number of hydrogen-bond acceptors (Lipinski definition) is 4. The maximum atomic E-state index is 11.2. The second-order valence-corrected chi connectivity index (χ2v) is 7.38. The molecule has 3 aromatic rings. The minimum absolute atomic E-state index is 0.0531. The molecule has 0 fully saturated rings. The molecule has 0 saturated carbocycles. The lowest BCUT2D eigenvalue weighted by atomic mass is 9.80. The summed E-state index contributed by atoms with van der Waals surface area (Å²) in [5, 5.41) is 29.4. The molecule has 1 heterocycles. The summed E-state index contributed by atoms with van der Waals surface area (Å²) in [7, 11) is 0. The number of aliphatic carboxylic acids is 1. The minimum atomic E-state index is -0.938. The third kappa shape index (κ3) is 3.37. The van der Waals surface area contributed by atoms with E-state index in [2.05, 4.69) is 10.2 Å². The van der Waals surface area contributed by atoms with Crippen molar-refractivity contribution in [3.05, 3.63) is 46.5 Å². The number of halogens is 1. The Morgan fingerprint density at radius 1 is 1.19 bits per heavy atom. The van der Waals surface area contributed by atoms with Crippen molar-refractivity contribution in [3.8, 4) is 11.4 Å². The van der Waals surface area contributed by atoms with E-state index in [1.165, 1.54) is 4.80 Å². The van der Waals surface area contributed by atoms with Gasteiger partial charge in [-0.1, -0.05) is 38.4 Å². The molecule has 0 aliphatic carbocycles. The van der Waals surface area contributed by atoms with Gasteiger partial charge in [-0.3, -0.25) is 4.79 Å². The van der Waals surface area contributed by atoms with Crippen LogP contribution in [-0.2, 0) is 16.6 Å². The molecular weight excluding hydrogens is 354 g/mol. The number of carboxylic acids is 1. The summed E-state index contributed by atoms with van der Waals surface area (Å²) < 4.78 is 0. The number of hydrogen-bond donors (Lipinski definition) is 2. The first kappa shape index (κ1) is 18.2. The van der Waals surface area contributed by atoms with Crippen LogP contribution in [0.25, 0.3) is 16.7 Å². The SMILES string of the molecule is CCC(C)(C)c1cc(CC(=O)O)cc(-n2nc3ccc(Cl)cc3n2)c1O. The van der Waals surface area contributed by atoms with Gasteiger partial charge in [-0.15, -0.1) is 15.0 Å². The number of rotatable bonds is 5. The predicted octanol–water partition coefficient (Wildman–Crippen LogP) is 4.09. The van der Waals surface area contributed by atoms with Gasteiger partial charge in [-0.05, 0) is 41.7 Å². The summed E-state index contributed by atoms with van der Waals surface area (Å²) in [6, 6.07) is 8.51. The van der Waals surface area contributed by atoms with E-state index in [1.54, 1.807) is 30.3 Å². The van der Waals surface area contributed by atoms with Crippen LogP contribution in [0.3, 0.4) is 0 Å². The fraction of sp³-hybridized carbons (Fsp3) is 0.316. The van der Waals surface area contributed by atoms with Gasteiger partial charge in [-0.25, -0.2) is 0 Å². The zero-order chi connectivity index (χ0) is 19.1. The van der Waals surface area contributed by atoms with Gasteiger partial charge in [0.05, 0.1) is 6.42 Å². The zero-order valence-corrected chi connectivity index (χ0v) is 15.6. The molecule has 0 saturated heterocycles. The molecule has 2 aromatic carbocycles. The van der Waals surface area contributed by atoms with Crippen molar-refractivity contribution in [1.29, 1.82) is 0 Å². The van der Waals surface area contributed by atoms with E-state index in [9.17, 15) is 15.0 Å². The highest BCUT2D eigenvalue weighted by atomic mass is 35.5. The molecule has 136 valence electrons. The number of aromatic hydroxyl groups is 1. The average Bonchev–Trinajstić information content (AvgIpc) is 2.98. The quantitative estimate of drug-likeness (QED) is 0.703. The summed E-state index contributed by atoms with van der Waals surface area (Å²) in [5.41, 5.74) is 2.51. The topological polar surface area (TPSA) is 88.2 Å². The highest BCUT2D eigenvalue weighted by Crippen LogP contribution is 2.38. The van der Waals surface area contributed by atoms with Gasteiger partial charge in [0.15, 0.2) is 0 Å². The van der Waals surface area contributed by atoms with Gasteiger partial charge >= 0.3 is 5.97 Å². The Kier molecular flexibility index (Phi) is 4.63. The normalized spacial score (nSPS) is 11.8. The summed E-state index contributed by atoms with van der Waals surface area (Å²) in [6.45, 7) is 6.03. The first-order valence-electron chi connectivity index (χ1n) is 8.32. The molecular formula is C19H20ClN3O3. The van der Waals surface area contributed by atoms with E-state index in [0.717, 1.165) is 6.42 Å². The molecule has 0 aliphatic rings. The lowest BCUT2D eigenvalue weighted by molar-refractivity contribution is -0.136. The van der Waals surface area contributed by atoms with E-state index in [4.69, 9.17) is 11.6 Å². The van der Waals surface area contributed by atoms with Crippen molar-refractivity contribution in [2.75, 3.05) is 0 Å². The smallest absolute Gasteiger partial charge is 0.307 e. The van der Waals surface area contributed by atoms with Crippen molar-refractivity contribution >= 4 is 28.6 Å². The fourth-order valence-electron chi connectivity index (χ4n) is 2.81. The minimum Gasteiger partial charge on any atom is -0.505 e. The van der Waals surface area contributed by atoms with Crippen LogP contribution in [0.15, 0.2) is 30.3 Å². The van der Waals surface area contributed by atoms with Crippen LogP contribution < -0.4 is 0 Å². The lowest BCUT2D eigenvalue weighted by Crippen LogP contribution is -2.18. The maximum absolute atomic E-state index is 11.2. The first-order chi connectivity index (χ1) is 12.2. The number of carbonyl (C=O) groups is 1. The Morgan fingerprint density at radius 2 is 1.88 bits per heavy atom. The Balaban J connectivity index is 2.23. The Bertz CT molecular complexity index is 995. The van der Waals surface area contributed by atoms with Gasteiger partial charge in [0.2, 0.25) is 0 Å². The van der Waals surface area contributed by atoms with E-state index in [-0.39, 0.29) is 17.6 Å². The molecule has 0 unspecified atom stereocenters. The Hall–Kier alpha value is -2.60. The Morgan fingerprint density at radius 3 is 2.54 bits per heavy atom. The van der Waals surface area contributed by atoms with Gasteiger partial charge in [0.1, 0.15) is 22.5 Å². The molecule has 0 spiro atoms. The number of benzene rings is 2. The number of aromatic nitrogens is 3. The maximum Gasteiger partial charge on any atom is 0.307 e. The van der Waals surface area contributed by atoms with Crippen LogP contribution in [-0.4, -0.2) is 31.2 Å². The Labute approximate surface area is 156 Å². The molecule has 1 aromatic heterocycles. The van der Waals surface area contributed by atoms with Crippen LogP contribution in [0.4, 0.5) is 0 Å². The molecule has 0 amide bonds. The van der Waals surface area contributed by atoms with Gasteiger partial charge in [0.25, 0.3) is 0 Å². The molecule has 6 nitrogen and oxygen atoms in total. The van der Waals surface area contributed by atoms with E-state index in [1.807, 2.05) is 20.8 Å². The van der Waals surface area contributed by atoms with Crippen LogP contribution in [0.1, 0.15) is 38.3 Å². The average molecular weight is 374 g/mol. The van der Waals surface area contributed by atoms with Crippen LogP contribution in [0.2, 0.25) is 5.02 Å². The molecule has 3 rings (SSSR count). The summed E-state index contributed by atoms with van der Waals surface area (Å²) >= 11 is 6.00. The molecule has 0 aliphatic heterocycles. The van der Waals surface area contributed by atoms with Crippen molar-refractivity contribution in [2.24, 2.45) is 0 Å². The first-order valence-corrected chi connectivity index (χ1v) is 8.70. The molecule has 26 heavy (non-hydrogen) atoms. The largest absolute Gasteiger partial charge is 0.505 e. The summed E-state index contributed by atoms with van der Waals surface area (Å²) in [4.78, 5) is 12.5. The standard InChI is InChI=1S/C19H20ClN3O3/c1-4-19(2,3)13-7-11(9-17(24)25)8-16(18(13)26)23-21-14-6-5-12(20)10-15(14)22-23/h5-8,10,26H,4,9H2,1-3H3,(H,24,25). The third-order valence-electron chi connectivity index (χ3n) is 4.68. The number of phenolic OH excluding ortho intramolecular Hbond substituents is 1. The second-order valence-electron chi connectivity index (χ2n) is 6.94. The number of carboxylic acid groups (broad SMARTS) is 1. The van der Waals surface area contributed by atoms with Gasteiger partial charge < -0.3 is 10.2 Å². The second kappa shape index (κ2) is 6.61. The zero-order valence-electron chi connectivity index (χ0n) is 14.8. The highest BCUT2D eigenvalue weighted by molar-refractivity contribution is 6.31. The summed E-state index contributed by atoms with van der Waals surface area (Å²) in [5.74, 6) is -0.885. The van der Waals surface area contributed by atoms with E-state index < -0.39 is 5.97 Å². The molecule has 0 radical (unpaired) electrons. The molecule has 7 heteroatoms. The van der Waals surface area contributed by atoms with Crippen molar-refractivity contribution in [2.45, 2.75) is 39.0 Å². The molecule has 0 bridgehead atoms. The monoisotopic (exact) mass is 373 g/mol. The highest BCUT2D eigenvalue weighted by Gasteiger charge is 2.26. The molecule has 0 atom stereocenters. The van der Waals surface area contributed by atoms with Crippen molar-refractivity contribution in [1.82, 2.24) is 15.0 Å². The third-order valence-corrected chi connectivity index (χ3v) is 4.91. The number of fused-ring (bicyclic) bond motifs is 1. The fourth-order valence-corrected chi connectivity index (χ4v) is 2.97. The lowest BCUT2D eigenvalue weighted by Gasteiger charge is -2.26. The van der Waals surface area contributed by atoms with E-state index >= 15 is 0 Å². The predicted molar refractivity (Wildman–Crippen MR) is 100 cm³/mol. The van der Waals surface area contributed by atoms with Gasteiger partial charge in [-0.2, -0.15) is 0 Å². The number of phenols is 1. The number of nitrogens with zero attached hydrogens (tertiary/aromatic N) is 3. The van der Waals surface area contributed by atoms with Crippen LogP contribution in [0.5, 0.6) is 5.75 Å². The molecule has 2 N–H and O–H groups in total. The van der Waals surface area contributed by atoms with E-state index in [0.29, 0.717) is 32.9 Å².